The molecule has 0 saturated heterocycles. The maximum Gasteiger partial charge on any atom is 0.335 e. The van der Waals surface area contributed by atoms with Crippen LogP contribution in [0.3, 0.4) is 0 Å². The van der Waals surface area contributed by atoms with Crippen LogP contribution in [0.25, 0.3) is 11.4 Å². The molecule has 0 bridgehead atoms. The molecular formula is C15H17N3O2. The van der Waals surface area contributed by atoms with Crippen molar-refractivity contribution in [3.05, 3.63) is 35.7 Å². The lowest BCUT2D eigenvalue weighted by atomic mass is 9.89. The molecule has 0 radical (unpaired) electrons. The SMILES string of the molecule is O=C(O)c1ccc(-c2n[nH]c(C3CCCCC3)n2)cc1. The maximum absolute atomic E-state index is 10.8. The summed E-state index contributed by atoms with van der Waals surface area (Å²) in [6, 6.07) is 6.65. The Morgan fingerprint density at radius 3 is 2.50 bits per heavy atom. The van der Waals surface area contributed by atoms with Crippen molar-refractivity contribution in [3.63, 3.8) is 0 Å². The van der Waals surface area contributed by atoms with Crippen LogP contribution < -0.4 is 0 Å². The van der Waals surface area contributed by atoms with Gasteiger partial charge in [0.1, 0.15) is 5.82 Å². The minimum atomic E-state index is -0.922. The van der Waals surface area contributed by atoms with E-state index in [-0.39, 0.29) is 5.56 Å². The number of benzene rings is 1. The van der Waals surface area contributed by atoms with Crippen LogP contribution in [0.2, 0.25) is 0 Å². The third-order valence-electron chi connectivity index (χ3n) is 3.88. The predicted octanol–water partition coefficient (Wildman–Crippen LogP) is 3.22. The Kier molecular flexibility index (Phi) is 3.50. The van der Waals surface area contributed by atoms with Gasteiger partial charge in [0, 0.05) is 11.5 Å². The third kappa shape index (κ3) is 2.57. The van der Waals surface area contributed by atoms with Gasteiger partial charge in [0.15, 0.2) is 5.82 Å². The Hall–Kier alpha value is -2.17. The quantitative estimate of drug-likeness (QED) is 0.898. The summed E-state index contributed by atoms with van der Waals surface area (Å²) in [7, 11) is 0. The van der Waals surface area contributed by atoms with Gasteiger partial charge in [-0.25, -0.2) is 9.78 Å². The molecule has 1 fully saturated rings. The number of aromatic amines is 1. The largest absolute Gasteiger partial charge is 0.478 e. The summed E-state index contributed by atoms with van der Waals surface area (Å²) in [6.45, 7) is 0. The highest BCUT2D eigenvalue weighted by Gasteiger charge is 2.19. The van der Waals surface area contributed by atoms with Crippen molar-refractivity contribution in [3.8, 4) is 11.4 Å². The molecule has 0 amide bonds. The van der Waals surface area contributed by atoms with Crippen LogP contribution in [-0.4, -0.2) is 26.3 Å². The van der Waals surface area contributed by atoms with Crippen LogP contribution in [0.15, 0.2) is 24.3 Å². The average Bonchev–Trinajstić information content (AvgIpc) is 2.98. The first-order valence-electron chi connectivity index (χ1n) is 7.00. The summed E-state index contributed by atoms with van der Waals surface area (Å²) in [5.74, 6) is 1.17. The molecule has 104 valence electrons. The number of carboxylic acid groups (broad SMARTS) is 1. The Morgan fingerprint density at radius 2 is 1.85 bits per heavy atom. The first-order chi connectivity index (χ1) is 9.74. The molecule has 0 spiro atoms. The van der Waals surface area contributed by atoms with Gasteiger partial charge in [-0.2, -0.15) is 5.10 Å². The molecule has 3 rings (SSSR count). The molecule has 1 aromatic carbocycles. The number of aromatic nitrogens is 3. The molecule has 1 aromatic heterocycles. The fourth-order valence-corrected chi connectivity index (χ4v) is 2.72. The number of carboxylic acids is 1. The summed E-state index contributed by atoms with van der Waals surface area (Å²) < 4.78 is 0. The van der Waals surface area contributed by atoms with Gasteiger partial charge in [0.05, 0.1) is 5.56 Å². The molecular weight excluding hydrogens is 254 g/mol. The molecule has 0 unspecified atom stereocenters. The molecule has 5 heteroatoms. The van der Waals surface area contributed by atoms with Crippen molar-refractivity contribution >= 4 is 5.97 Å². The lowest BCUT2D eigenvalue weighted by Crippen LogP contribution is -2.06. The zero-order chi connectivity index (χ0) is 13.9. The highest BCUT2D eigenvalue weighted by molar-refractivity contribution is 5.88. The van der Waals surface area contributed by atoms with Gasteiger partial charge in [-0.3, -0.25) is 5.10 Å². The van der Waals surface area contributed by atoms with Gasteiger partial charge in [0.25, 0.3) is 0 Å². The van der Waals surface area contributed by atoms with Gasteiger partial charge in [-0.15, -0.1) is 0 Å². The first-order valence-corrected chi connectivity index (χ1v) is 7.00. The van der Waals surface area contributed by atoms with Gasteiger partial charge < -0.3 is 5.11 Å². The van der Waals surface area contributed by atoms with E-state index in [1.54, 1.807) is 24.3 Å². The second-order valence-electron chi connectivity index (χ2n) is 5.26. The highest BCUT2D eigenvalue weighted by Crippen LogP contribution is 2.31. The number of nitrogens with zero attached hydrogens (tertiary/aromatic N) is 2. The highest BCUT2D eigenvalue weighted by atomic mass is 16.4. The van der Waals surface area contributed by atoms with E-state index >= 15 is 0 Å². The number of aromatic carboxylic acids is 1. The van der Waals surface area contributed by atoms with Crippen molar-refractivity contribution in [2.24, 2.45) is 0 Å². The lowest BCUT2D eigenvalue weighted by Gasteiger charge is -2.18. The standard InChI is InChI=1S/C15H17N3O2/c19-15(20)12-8-6-11(7-9-12)14-16-13(17-18-14)10-4-2-1-3-5-10/h6-10H,1-5H2,(H,19,20)(H,16,17,18). The molecule has 2 N–H and O–H groups in total. The first kappa shape index (κ1) is 12.8. The summed E-state index contributed by atoms with van der Waals surface area (Å²) >= 11 is 0. The Bertz CT molecular complexity index is 598. The smallest absolute Gasteiger partial charge is 0.335 e. The van der Waals surface area contributed by atoms with E-state index in [4.69, 9.17) is 5.11 Å². The Morgan fingerprint density at radius 1 is 1.15 bits per heavy atom. The summed E-state index contributed by atoms with van der Waals surface area (Å²) in [5.41, 5.74) is 1.12. The van der Waals surface area contributed by atoms with Crippen molar-refractivity contribution in [1.82, 2.24) is 15.2 Å². The molecule has 2 aromatic rings. The molecule has 1 aliphatic rings. The summed E-state index contributed by atoms with van der Waals surface area (Å²) in [6.07, 6.45) is 6.18. The molecule has 1 heterocycles. The molecule has 0 atom stereocenters. The van der Waals surface area contributed by atoms with Crippen molar-refractivity contribution in [1.29, 1.82) is 0 Å². The van der Waals surface area contributed by atoms with Crippen molar-refractivity contribution < 1.29 is 9.90 Å². The summed E-state index contributed by atoms with van der Waals surface area (Å²) in [4.78, 5) is 15.4. The minimum absolute atomic E-state index is 0.275. The van der Waals surface area contributed by atoms with Crippen LogP contribution in [0, 0.1) is 0 Å². The van der Waals surface area contributed by atoms with Crippen LogP contribution >= 0.6 is 0 Å². The van der Waals surface area contributed by atoms with E-state index in [9.17, 15) is 4.79 Å². The second-order valence-corrected chi connectivity index (χ2v) is 5.26. The van der Waals surface area contributed by atoms with Gasteiger partial charge >= 0.3 is 5.97 Å². The number of nitrogens with one attached hydrogen (secondary N) is 1. The molecule has 1 aliphatic carbocycles. The Labute approximate surface area is 117 Å². The van der Waals surface area contributed by atoms with Gasteiger partial charge in [-0.1, -0.05) is 31.4 Å². The van der Waals surface area contributed by atoms with Crippen LogP contribution in [0.5, 0.6) is 0 Å². The number of rotatable bonds is 3. The fourth-order valence-electron chi connectivity index (χ4n) is 2.72. The van der Waals surface area contributed by atoms with Crippen LogP contribution in [0.4, 0.5) is 0 Å². The topological polar surface area (TPSA) is 78.9 Å². The minimum Gasteiger partial charge on any atom is -0.478 e. The van der Waals surface area contributed by atoms with Crippen LogP contribution in [0.1, 0.15) is 54.2 Å². The number of hydrogen-bond donors (Lipinski definition) is 2. The number of hydrogen-bond acceptors (Lipinski definition) is 3. The predicted molar refractivity (Wildman–Crippen MR) is 74.6 cm³/mol. The second kappa shape index (κ2) is 5.45. The zero-order valence-corrected chi connectivity index (χ0v) is 11.2. The molecule has 0 aliphatic heterocycles. The van der Waals surface area contributed by atoms with E-state index < -0.39 is 5.97 Å². The van der Waals surface area contributed by atoms with E-state index in [0.717, 1.165) is 11.4 Å². The fraction of sp³-hybridized carbons (Fsp3) is 0.400. The van der Waals surface area contributed by atoms with Crippen molar-refractivity contribution in [2.75, 3.05) is 0 Å². The van der Waals surface area contributed by atoms with Gasteiger partial charge in [0.2, 0.25) is 0 Å². The summed E-state index contributed by atoms with van der Waals surface area (Å²) in [5, 5.41) is 16.2. The van der Waals surface area contributed by atoms with E-state index in [1.165, 1.54) is 32.1 Å². The molecule has 20 heavy (non-hydrogen) atoms. The van der Waals surface area contributed by atoms with E-state index in [0.29, 0.717) is 11.7 Å². The third-order valence-corrected chi connectivity index (χ3v) is 3.88. The zero-order valence-electron chi connectivity index (χ0n) is 11.2. The maximum atomic E-state index is 10.8. The van der Waals surface area contributed by atoms with Crippen LogP contribution in [-0.2, 0) is 0 Å². The van der Waals surface area contributed by atoms with E-state index in [2.05, 4.69) is 15.2 Å². The number of H-pyrrole nitrogens is 1. The van der Waals surface area contributed by atoms with E-state index in [1.807, 2.05) is 0 Å². The van der Waals surface area contributed by atoms with Crippen molar-refractivity contribution in [2.45, 2.75) is 38.0 Å². The number of carbonyl (C=O) groups is 1. The monoisotopic (exact) mass is 271 g/mol. The average molecular weight is 271 g/mol. The van der Waals surface area contributed by atoms with Gasteiger partial charge in [-0.05, 0) is 25.0 Å². The molecule has 5 nitrogen and oxygen atoms in total. The normalized spacial score (nSPS) is 16.2. The Balaban J connectivity index is 1.80. The molecule has 1 saturated carbocycles. The lowest BCUT2D eigenvalue weighted by molar-refractivity contribution is 0.0697.